The SMILES string of the molecule is O=S1(=O)CC2c3ccccc3CN2CN1C1CCCC1. The Morgan fingerprint density at radius 2 is 1.85 bits per heavy atom. The highest BCUT2D eigenvalue weighted by Crippen LogP contribution is 2.40. The number of hydrogen-bond donors (Lipinski definition) is 0. The lowest BCUT2D eigenvalue weighted by molar-refractivity contribution is 0.118. The second kappa shape index (κ2) is 4.55. The van der Waals surface area contributed by atoms with Crippen LogP contribution in [0, 0.1) is 0 Å². The van der Waals surface area contributed by atoms with E-state index in [0.717, 1.165) is 19.4 Å². The summed E-state index contributed by atoms with van der Waals surface area (Å²) < 4.78 is 27.0. The number of sulfonamides is 1. The molecule has 0 bridgehead atoms. The minimum atomic E-state index is -3.11. The normalized spacial score (nSPS) is 30.3. The number of hydrogen-bond acceptors (Lipinski definition) is 3. The molecule has 0 spiro atoms. The van der Waals surface area contributed by atoms with Crippen LogP contribution in [-0.2, 0) is 16.6 Å². The van der Waals surface area contributed by atoms with Crippen LogP contribution in [0.25, 0.3) is 0 Å². The van der Waals surface area contributed by atoms with E-state index in [1.165, 1.54) is 24.0 Å². The molecule has 1 unspecified atom stereocenters. The van der Waals surface area contributed by atoms with Crippen LogP contribution in [0.3, 0.4) is 0 Å². The Bertz CT molecular complexity index is 623. The quantitative estimate of drug-likeness (QED) is 0.796. The Balaban J connectivity index is 1.66. The van der Waals surface area contributed by atoms with Gasteiger partial charge in [0.05, 0.1) is 18.5 Å². The Hall–Kier alpha value is -0.910. The molecule has 1 aromatic carbocycles. The highest BCUT2D eigenvalue weighted by Gasteiger charge is 2.44. The molecule has 0 aromatic heterocycles. The summed E-state index contributed by atoms with van der Waals surface area (Å²) in [4.78, 5) is 2.32. The van der Waals surface area contributed by atoms with Crippen molar-refractivity contribution in [3.63, 3.8) is 0 Å². The molecule has 2 aliphatic heterocycles. The molecule has 0 N–H and O–H groups in total. The third kappa shape index (κ3) is 1.91. The summed E-state index contributed by atoms with van der Waals surface area (Å²) >= 11 is 0. The van der Waals surface area contributed by atoms with E-state index in [1.54, 1.807) is 4.31 Å². The molecule has 2 fully saturated rings. The molecule has 4 rings (SSSR count). The van der Waals surface area contributed by atoms with E-state index in [2.05, 4.69) is 17.0 Å². The maximum Gasteiger partial charge on any atom is 0.217 e. The molecule has 2 heterocycles. The third-order valence-electron chi connectivity index (χ3n) is 5.01. The van der Waals surface area contributed by atoms with Crippen molar-refractivity contribution >= 4 is 10.0 Å². The van der Waals surface area contributed by atoms with Gasteiger partial charge in [0.15, 0.2) is 0 Å². The Labute approximate surface area is 120 Å². The molecule has 1 atom stereocenters. The van der Waals surface area contributed by atoms with Gasteiger partial charge in [0.25, 0.3) is 0 Å². The standard InChI is InChI=1S/C15H20N2O2S/c18-20(19)10-15-14-8-4-1-5-12(14)9-16(15)11-17(20)13-6-2-3-7-13/h1,4-5,8,13,15H,2-3,6-7,9-11H2. The van der Waals surface area contributed by atoms with Crippen molar-refractivity contribution in [2.45, 2.75) is 44.3 Å². The highest BCUT2D eigenvalue weighted by molar-refractivity contribution is 7.89. The lowest BCUT2D eigenvalue weighted by Crippen LogP contribution is -2.52. The van der Waals surface area contributed by atoms with Crippen LogP contribution >= 0.6 is 0 Å². The van der Waals surface area contributed by atoms with Crippen molar-refractivity contribution < 1.29 is 8.42 Å². The smallest absolute Gasteiger partial charge is 0.217 e. The van der Waals surface area contributed by atoms with E-state index >= 15 is 0 Å². The van der Waals surface area contributed by atoms with E-state index in [0.29, 0.717) is 6.67 Å². The molecular formula is C15H20N2O2S. The second-order valence-corrected chi connectivity index (χ2v) is 8.17. The predicted octanol–water partition coefficient (Wildman–Crippen LogP) is 2.09. The summed E-state index contributed by atoms with van der Waals surface area (Å²) in [6.45, 7) is 1.46. The maximum absolute atomic E-state index is 12.6. The largest absolute Gasteiger partial charge is 0.277 e. The molecule has 4 nitrogen and oxygen atoms in total. The van der Waals surface area contributed by atoms with Crippen molar-refractivity contribution in [2.75, 3.05) is 12.4 Å². The van der Waals surface area contributed by atoms with Gasteiger partial charge in [0, 0.05) is 12.6 Å². The minimum absolute atomic E-state index is 0.0638. The van der Waals surface area contributed by atoms with Crippen LogP contribution in [-0.4, -0.2) is 36.1 Å². The van der Waals surface area contributed by atoms with E-state index in [1.807, 2.05) is 12.1 Å². The van der Waals surface area contributed by atoms with Crippen LogP contribution in [0.4, 0.5) is 0 Å². The van der Waals surface area contributed by atoms with E-state index in [4.69, 9.17) is 0 Å². The first-order valence-corrected chi connectivity index (χ1v) is 9.07. The minimum Gasteiger partial charge on any atom is -0.277 e. The van der Waals surface area contributed by atoms with E-state index < -0.39 is 10.0 Å². The summed E-state index contributed by atoms with van der Waals surface area (Å²) in [6, 6.07) is 8.57. The van der Waals surface area contributed by atoms with Gasteiger partial charge >= 0.3 is 0 Å². The molecule has 1 saturated carbocycles. The lowest BCUT2D eigenvalue weighted by atomic mass is 10.1. The third-order valence-corrected chi connectivity index (χ3v) is 6.87. The highest BCUT2D eigenvalue weighted by atomic mass is 32.2. The summed E-state index contributed by atoms with van der Waals surface area (Å²) in [6.07, 6.45) is 4.40. The van der Waals surface area contributed by atoms with Gasteiger partial charge in [-0.25, -0.2) is 8.42 Å². The van der Waals surface area contributed by atoms with Crippen LogP contribution in [0.15, 0.2) is 24.3 Å². The zero-order valence-electron chi connectivity index (χ0n) is 11.5. The van der Waals surface area contributed by atoms with Gasteiger partial charge in [-0.3, -0.25) is 4.90 Å². The summed E-state index contributed by atoms with van der Waals surface area (Å²) in [5.74, 6) is 0.251. The summed E-state index contributed by atoms with van der Waals surface area (Å²) in [7, 11) is -3.11. The van der Waals surface area contributed by atoms with Crippen LogP contribution in [0.5, 0.6) is 0 Å². The Morgan fingerprint density at radius 1 is 1.10 bits per heavy atom. The first-order chi connectivity index (χ1) is 9.65. The number of rotatable bonds is 1. The average Bonchev–Trinajstić information content (AvgIpc) is 3.04. The molecule has 1 aliphatic carbocycles. The van der Waals surface area contributed by atoms with Crippen LogP contribution in [0.2, 0.25) is 0 Å². The lowest BCUT2D eigenvalue weighted by Gasteiger charge is -2.40. The fourth-order valence-corrected chi connectivity index (χ4v) is 5.94. The molecule has 0 radical (unpaired) electrons. The van der Waals surface area contributed by atoms with Gasteiger partial charge in [-0.1, -0.05) is 37.1 Å². The number of fused-ring (bicyclic) bond motifs is 3. The number of nitrogens with zero attached hydrogens (tertiary/aromatic N) is 2. The molecule has 1 aromatic rings. The van der Waals surface area contributed by atoms with Gasteiger partial charge in [0.2, 0.25) is 10.0 Å². The summed E-state index contributed by atoms with van der Waals surface area (Å²) in [5, 5.41) is 0. The molecule has 5 heteroatoms. The zero-order chi connectivity index (χ0) is 13.7. The van der Waals surface area contributed by atoms with Gasteiger partial charge in [-0.05, 0) is 24.0 Å². The van der Waals surface area contributed by atoms with Crippen molar-refractivity contribution in [1.29, 1.82) is 0 Å². The van der Waals surface area contributed by atoms with Crippen LogP contribution in [0.1, 0.15) is 42.9 Å². The fourth-order valence-electron chi connectivity index (χ4n) is 3.97. The monoisotopic (exact) mass is 292 g/mol. The first-order valence-electron chi connectivity index (χ1n) is 7.46. The van der Waals surface area contributed by atoms with E-state index in [-0.39, 0.29) is 17.8 Å². The Morgan fingerprint density at radius 3 is 2.65 bits per heavy atom. The van der Waals surface area contributed by atoms with Crippen molar-refractivity contribution in [3.8, 4) is 0 Å². The predicted molar refractivity (Wildman–Crippen MR) is 77.5 cm³/mol. The first kappa shape index (κ1) is 12.8. The second-order valence-electron chi connectivity index (χ2n) is 6.21. The molecular weight excluding hydrogens is 272 g/mol. The topological polar surface area (TPSA) is 40.6 Å². The average molecular weight is 292 g/mol. The van der Waals surface area contributed by atoms with Gasteiger partial charge in [-0.15, -0.1) is 0 Å². The van der Waals surface area contributed by atoms with Crippen molar-refractivity contribution in [2.24, 2.45) is 0 Å². The molecule has 0 amide bonds. The zero-order valence-corrected chi connectivity index (χ0v) is 12.3. The van der Waals surface area contributed by atoms with Crippen molar-refractivity contribution in [1.82, 2.24) is 9.21 Å². The van der Waals surface area contributed by atoms with Gasteiger partial charge in [0.1, 0.15) is 0 Å². The van der Waals surface area contributed by atoms with Gasteiger partial charge in [-0.2, -0.15) is 4.31 Å². The Kier molecular flexibility index (Phi) is 2.91. The van der Waals surface area contributed by atoms with E-state index in [9.17, 15) is 8.42 Å². The van der Waals surface area contributed by atoms with Crippen LogP contribution < -0.4 is 0 Å². The summed E-state index contributed by atoms with van der Waals surface area (Å²) in [5.41, 5.74) is 2.50. The fraction of sp³-hybridized carbons (Fsp3) is 0.600. The molecule has 1 saturated heterocycles. The molecule has 108 valence electrons. The van der Waals surface area contributed by atoms with Crippen molar-refractivity contribution in [3.05, 3.63) is 35.4 Å². The maximum atomic E-state index is 12.6. The number of benzene rings is 1. The van der Waals surface area contributed by atoms with Gasteiger partial charge < -0.3 is 0 Å². The molecule has 3 aliphatic rings. The molecule has 20 heavy (non-hydrogen) atoms.